The van der Waals surface area contributed by atoms with Gasteiger partial charge in [-0.25, -0.2) is 8.78 Å². The molecule has 1 aromatic heterocycles. The van der Waals surface area contributed by atoms with Crippen molar-refractivity contribution < 1.29 is 31.8 Å². The Morgan fingerprint density at radius 3 is 2.34 bits per heavy atom. The van der Waals surface area contributed by atoms with E-state index in [1.807, 2.05) is 18.2 Å². The average Bonchev–Trinajstić information content (AvgIpc) is 3.20. The molecule has 0 fully saturated rings. The number of aromatic amines is 1. The molecule has 1 aliphatic heterocycles. The van der Waals surface area contributed by atoms with Crippen LogP contribution < -0.4 is 9.47 Å². The lowest BCUT2D eigenvalue weighted by Crippen LogP contribution is -2.40. The first-order valence-corrected chi connectivity index (χ1v) is 10.8. The van der Waals surface area contributed by atoms with Gasteiger partial charge in [0.15, 0.2) is 0 Å². The highest BCUT2D eigenvalue weighted by molar-refractivity contribution is 5.95. The lowest BCUT2D eigenvalue weighted by molar-refractivity contribution is -0.0498. The van der Waals surface area contributed by atoms with E-state index in [0.29, 0.717) is 23.8 Å². The topological polar surface area (TPSA) is 54.6 Å². The number of nitrogens with one attached hydrogen (secondary N) is 1. The maximum absolute atomic E-state index is 13.9. The van der Waals surface area contributed by atoms with Gasteiger partial charge in [-0.2, -0.15) is 8.78 Å². The SMILES string of the molecule is COc1ccc2[nH]c3c(c2c1)CCN(C(=O)c1cc(F)cc(F)c1)C3c1ccc(OC(F)F)cc1. The summed E-state index contributed by atoms with van der Waals surface area (Å²) < 4.78 is 62.8. The van der Waals surface area contributed by atoms with Crippen molar-refractivity contribution in [1.29, 1.82) is 0 Å². The Hall–Kier alpha value is -4.01. The van der Waals surface area contributed by atoms with Crippen LogP contribution in [-0.4, -0.2) is 36.1 Å². The summed E-state index contributed by atoms with van der Waals surface area (Å²) in [5, 5.41) is 0.936. The molecule has 5 nitrogen and oxygen atoms in total. The fraction of sp³-hybridized carbons (Fsp3) is 0.192. The van der Waals surface area contributed by atoms with Gasteiger partial charge in [0.05, 0.1) is 13.2 Å². The summed E-state index contributed by atoms with van der Waals surface area (Å²) in [5.41, 5.74) is 3.05. The minimum Gasteiger partial charge on any atom is -0.497 e. The highest BCUT2D eigenvalue weighted by Gasteiger charge is 2.35. The Morgan fingerprint density at radius 2 is 1.69 bits per heavy atom. The molecule has 1 amide bonds. The molecule has 1 aliphatic rings. The third-order valence-electron chi connectivity index (χ3n) is 6.13. The fourth-order valence-electron chi connectivity index (χ4n) is 4.63. The average molecular weight is 484 g/mol. The Bertz CT molecular complexity index is 1380. The van der Waals surface area contributed by atoms with Gasteiger partial charge in [0.1, 0.15) is 23.1 Å². The van der Waals surface area contributed by atoms with E-state index in [4.69, 9.17) is 4.74 Å². The lowest BCUT2D eigenvalue weighted by Gasteiger charge is -2.36. The number of nitrogens with zero attached hydrogens (tertiary/aromatic N) is 1. The molecule has 0 radical (unpaired) electrons. The standard InChI is InChI=1S/C26H20F4N2O3/c1-34-19-6-7-22-21(13-19)20-8-9-32(25(33)15-10-16(27)12-17(28)11-15)24(23(20)31-22)14-2-4-18(5-3-14)35-26(29)30/h2-7,10-13,24,26,31H,8-9H2,1H3. The monoisotopic (exact) mass is 484 g/mol. The van der Waals surface area contributed by atoms with Gasteiger partial charge in [-0.1, -0.05) is 12.1 Å². The summed E-state index contributed by atoms with van der Waals surface area (Å²) >= 11 is 0. The Kier molecular flexibility index (Phi) is 5.84. The summed E-state index contributed by atoms with van der Waals surface area (Å²) in [5.74, 6) is -1.60. The van der Waals surface area contributed by atoms with Crippen LogP contribution in [0.2, 0.25) is 0 Å². The van der Waals surface area contributed by atoms with E-state index in [1.54, 1.807) is 19.2 Å². The van der Waals surface area contributed by atoms with Crippen LogP contribution in [0.25, 0.3) is 10.9 Å². The minimum absolute atomic E-state index is 0.0220. The third-order valence-corrected chi connectivity index (χ3v) is 6.13. The van der Waals surface area contributed by atoms with Gasteiger partial charge in [0, 0.05) is 34.8 Å². The molecule has 180 valence electrons. The van der Waals surface area contributed by atoms with Gasteiger partial charge in [-0.05, 0) is 60.0 Å². The number of aromatic nitrogens is 1. The van der Waals surface area contributed by atoms with E-state index in [1.165, 1.54) is 17.0 Å². The zero-order valence-electron chi connectivity index (χ0n) is 18.5. The van der Waals surface area contributed by atoms with Crippen LogP contribution >= 0.6 is 0 Å². The number of carbonyl (C=O) groups is 1. The quantitative estimate of drug-likeness (QED) is 0.362. The zero-order chi connectivity index (χ0) is 24.7. The van der Waals surface area contributed by atoms with Gasteiger partial charge in [0.2, 0.25) is 0 Å². The number of hydrogen-bond acceptors (Lipinski definition) is 3. The number of amides is 1. The van der Waals surface area contributed by atoms with Crippen LogP contribution in [-0.2, 0) is 6.42 Å². The summed E-state index contributed by atoms with van der Waals surface area (Å²) in [6.07, 6.45) is 0.495. The number of ether oxygens (including phenoxy) is 2. The van der Waals surface area contributed by atoms with Gasteiger partial charge >= 0.3 is 6.61 Å². The van der Waals surface area contributed by atoms with Crippen LogP contribution in [0.5, 0.6) is 11.5 Å². The van der Waals surface area contributed by atoms with E-state index in [9.17, 15) is 22.4 Å². The number of rotatable bonds is 5. The highest BCUT2D eigenvalue weighted by atomic mass is 19.3. The Balaban J connectivity index is 1.63. The number of hydrogen-bond donors (Lipinski definition) is 1. The first-order valence-electron chi connectivity index (χ1n) is 10.8. The number of halogens is 4. The number of carbonyl (C=O) groups excluding carboxylic acids is 1. The van der Waals surface area contributed by atoms with Crippen molar-refractivity contribution in [2.24, 2.45) is 0 Å². The molecule has 35 heavy (non-hydrogen) atoms. The van der Waals surface area contributed by atoms with Crippen LogP contribution in [0.3, 0.4) is 0 Å². The van der Waals surface area contributed by atoms with Crippen LogP contribution in [0.4, 0.5) is 17.6 Å². The van der Waals surface area contributed by atoms with Crippen molar-refractivity contribution in [2.75, 3.05) is 13.7 Å². The van der Waals surface area contributed by atoms with Crippen molar-refractivity contribution in [3.8, 4) is 11.5 Å². The zero-order valence-corrected chi connectivity index (χ0v) is 18.5. The summed E-state index contributed by atoms with van der Waals surface area (Å²) in [6.45, 7) is -2.69. The predicted molar refractivity (Wildman–Crippen MR) is 121 cm³/mol. The van der Waals surface area contributed by atoms with Crippen LogP contribution in [0, 0.1) is 11.6 Å². The van der Waals surface area contributed by atoms with Gasteiger partial charge < -0.3 is 19.4 Å². The molecule has 0 aliphatic carbocycles. The third kappa shape index (κ3) is 4.29. The number of methoxy groups -OCH3 is 1. The second kappa shape index (κ2) is 8.98. The van der Waals surface area contributed by atoms with Crippen molar-refractivity contribution in [2.45, 2.75) is 19.1 Å². The normalized spacial score (nSPS) is 15.4. The molecule has 0 saturated heterocycles. The molecule has 1 unspecified atom stereocenters. The largest absolute Gasteiger partial charge is 0.497 e. The van der Waals surface area contributed by atoms with Crippen molar-refractivity contribution >= 4 is 16.8 Å². The van der Waals surface area contributed by atoms with Crippen LogP contribution in [0.15, 0.2) is 60.7 Å². The molecule has 5 rings (SSSR count). The smallest absolute Gasteiger partial charge is 0.387 e. The molecule has 2 heterocycles. The van der Waals surface area contributed by atoms with Gasteiger partial charge in [-0.15, -0.1) is 0 Å². The summed E-state index contributed by atoms with van der Waals surface area (Å²) in [4.78, 5) is 18.4. The summed E-state index contributed by atoms with van der Waals surface area (Å²) in [7, 11) is 1.57. The van der Waals surface area contributed by atoms with Crippen molar-refractivity contribution in [3.05, 3.63) is 94.7 Å². The lowest BCUT2D eigenvalue weighted by atomic mass is 9.91. The van der Waals surface area contributed by atoms with Gasteiger partial charge in [-0.3, -0.25) is 4.79 Å². The molecule has 4 aromatic rings. The van der Waals surface area contributed by atoms with Gasteiger partial charge in [0.25, 0.3) is 5.91 Å². The highest BCUT2D eigenvalue weighted by Crippen LogP contribution is 2.40. The van der Waals surface area contributed by atoms with E-state index < -0.39 is 30.2 Å². The molecular formula is C26H20F4N2O3. The molecule has 9 heteroatoms. The predicted octanol–water partition coefficient (Wildman–Crippen LogP) is 5.84. The Morgan fingerprint density at radius 1 is 1.00 bits per heavy atom. The second-order valence-electron chi connectivity index (χ2n) is 8.19. The maximum atomic E-state index is 13.9. The van der Waals surface area contributed by atoms with E-state index in [0.717, 1.165) is 34.3 Å². The first kappa shape index (κ1) is 22.8. The van der Waals surface area contributed by atoms with E-state index in [2.05, 4.69) is 9.72 Å². The van der Waals surface area contributed by atoms with E-state index in [-0.39, 0.29) is 17.9 Å². The fourth-order valence-corrected chi connectivity index (χ4v) is 4.63. The molecule has 1 atom stereocenters. The molecule has 0 spiro atoms. The summed E-state index contributed by atoms with van der Waals surface area (Å²) in [6, 6.07) is 13.6. The van der Waals surface area contributed by atoms with Crippen LogP contribution in [0.1, 0.15) is 33.2 Å². The molecule has 0 bridgehead atoms. The molecule has 3 aromatic carbocycles. The molecular weight excluding hydrogens is 464 g/mol. The Labute approximate surface area is 197 Å². The van der Waals surface area contributed by atoms with E-state index >= 15 is 0 Å². The number of fused-ring (bicyclic) bond motifs is 3. The number of benzene rings is 3. The second-order valence-corrected chi connectivity index (χ2v) is 8.19. The number of alkyl halides is 2. The number of H-pyrrole nitrogens is 1. The first-order chi connectivity index (χ1) is 16.8. The molecule has 1 N–H and O–H groups in total. The minimum atomic E-state index is -2.97. The molecule has 0 saturated carbocycles. The van der Waals surface area contributed by atoms with Crippen molar-refractivity contribution in [3.63, 3.8) is 0 Å². The van der Waals surface area contributed by atoms with Crippen molar-refractivity contribution in [1.82, 2.24) is 9.88 Å². The maximum Gasteiger partial charge on any atom is 0.387 e.